The molecule has 3 rings (SSSR count). The fourth-order valence-electron chi connectivity index (χ4n) is 2.61. The second-order valence-corrected chi connectivity index (χ2v) is 5.84. The Morgan fingerprint density at radius 3 is 2.81 bits per heavy atom. The third kappa shape index (κ3) is 3.52. The monoisotopic (exact) mass is 286 g/mol. The van der Waals surface area contributed by atoms with Crippen LogP contribution in [0.1, 0.15) is 43.0 Å². The van der Waals surface area contributed by atoms with Crippen molar-refractivity contribution in [2.24, 2.45) is 0 Å². The van der Waals surface area contributed by atoms with E-state index in [1.807, 2.05) is 6.07 Å². The first-order chi connectivity index (χ1) is 10.2. The van der Waals surface area contributed by atoms with Crippen LogP contribution in [0.5, 0.6) is 0 Å². The summed E-state index contributed by atoms with van der Waals surface area (Å²) in [5, 5.41) is 0. The second kappa shape index (κ2) is 6.41. The number of hydrogen-bond acceptors (Lipinski definition) is 4. The number of aromatic nitrogens is 1. The van der Waals surface area contributed by atoms with E-state index in [0.29, 0.717) is 5.92 Å². The Morgan fingerprint density at radius 2 is 2.10 bits per heavy atom. The van der Waals surface area contributed by atoms with Crippen LogP contribution in [0.2, 0.25) is 0 Å². The SMILES string of the molecule is CC(C)c1nc(CN2CCOC(c3ccccc3)C2)co1. The minimum Gasteiger partial charge on any atom is -0.448 e. The fourth-order valence-corrected chi connectivity index (χ4v) is 2.61. The van der Waals surface area contributed by atoms with Crippen molar-refractivity contribution in [3.63, 3.8) is 0 Å². The molecule has 21 heavy (non-hydrogen) atoms. The smallest absolute Gasteiger partial charge is 0.196 e. The molecule has 1 unspecified atom stereocenters. The van der Waals surface area contributed by atoms with Gasteiger partial charge >= 0.3 is 0 Å². The molecule has 112 valence electrons. The molecule has 0 radical (unpaired) electrons. The number of hydrogen-bond donors (Lipinski definition) is 0. The predicted molar refractivity (Wildman–Crippen MR) is 81.0 cm³/mol. The standard InChI is InChI=1S/C17H22N2O2/c1-13(2)17-18-15(12-21-17)10-19-8-9-20-16(11-19)14-6-4-3-5-7-14/h3-7,12-13,16H,8-11H2,1-2H3. The van der Waals surface area contributed by atoms with Crippen LogP contribution in [0.15, 0.2) is 41.0 Å². The summed E-state index contributed by atoms with van der Waals surface area (Å²) in [6, 6.07) is 10.4. The van der Waals surface area contributed by atoms with E-state index in [-0.39, 0.29) is 6.10 Å². The largest absolute Gasteiger partial charge is 0.448 e. The molecular formula is C17H22N2O2. The fraction of sp³-hybridized carbons (Fsp3) is 0.471. The van der Waals surface area contributed by atoms with Crippen LogP contribution in [-0.4, -0.2) is 29.6 Å². The van der Waals surface area contributed by atoms with Crippen LogP contribution < -0.4 is 0 Å². The number of oxazole rings is 1. The van der Waals surface area contributed by atoms with Gasteiger partial charge in [0.25, 0.3) is 0 Å². The van der Waals surface area contributed by atoms with Gasteiger partial charge < -0.3 is 9.15 Å². The maximum absolute atomic E-state index is 5.89. The molecule has 1 aromatic carbocycles. The molecule has 1 aromatic heterocycles. The summed E-state index contributed by atoms with van der Waals surface area (Å²) < 4.78 is 11.4. The van der Waals surface area contributed by atoms with E-state index in [0.717, 1.165) is 37.8 Å². The van der Waals surface area contributed by atoms with Gasteiger partial charge in [-0.3, -0.25) is 4.90 Å². The summed E-state index contributed by atoms with van der Waals surface area (Å²) in [7, 11) is 0. The summed E-state index contributed by atoms with van der Waals surface area (Å²) in [6.45, 7) is 7.60. The van der Waals surface area contributed by atoms with E-state index < -0.39 is 0 Å². The maximum Gasteiger partial charge on any atom is 0.196 e. The van der Waals surface area contributed by atoms with Crippen molar-refractivity contribution in [1.29, 1.82) is 0 Å². The lowest BCUT2D eigenvalue weighted by molar-refractivity contribution is -0.0333. The van der Waals surface area contributed by atoms with Crippen molar-refractivity contribution in [2.75, 3.05) is 19.7 Å². The van der Waals surface area contributed by atoms with Crippen molar-refractivity contribution in [2.45, 2.75) is 32.4 Å². The quantitative estimate of drug-likeness (QED) is 0.863. The van der Waals surface area contributed by atoms with Crippen LogP contribution in [0.3, 0.4) is 0 Å². The molecule has 0 saturated carbocycles. The summed E-state index contributed by atoms with van der Waals surface area (Å²) in [5.74, 6) is 1.15. The molecule has 1 aliphatic rings. The minimum absolute atomic E-state index is 0.149. The van der Waals surface area contributed by atoms with Crippen LogP contribution in [0, 0.1) is 0 Å². The molecule has 1 saturated heterocycles. The highest BCUT2D eigenvalue weighted by atomic mass is 16.5. The van der Waals surface area contributed by atoms with E-state index in [4.69, 9.17) is 9.15 Å². The predicted octanol–water partition coefficient (Wildman–Crippen LogP) is 3.37. The zero-order valence-electron chi connectivity index (χ0n) is 12.7. The van der Waals surface area contributed by atoms with E-state index in [1.54, 1.807) is 6.26 Å². The topological polar surface area (TPSA) is 38.5 Å². The van der Waals surface area contributed by atoms with E-state index in [2.05, 4.69) is 48.0 Å². The van der Waals surface area contributed by atoms with Crippen LogP contribution in [0.4, 0.5) is 0 Å². The molecule has 0 bridgehead atoms. The second-order valence-electron chi connectivity index (χ2n) is 5.84. The Morgan fingerprint density at radius 1 is 1.29 bits per heavy atom. The minimum atomic E-state index is 0.149. The molecule has 1 fully saturated rings. The Balaban J connectivity index is 1.63. The van der Waals surface area contributed by atoms with Crippen molar-refractivity contribution >= 4 is 0 Å². The zero-order chi connectivity index (χ0) is 14.7. The van der Waals surface area contributed by atoms with Crippen molar-refractivity contribution in [1.82, 2.24) is 9.88 Å². The number of benzene rings is 1. The summed E-state index contributed by atoms with van der Waals surface area (Å²) >= 11 is 0. The van der Waals surface area contributed by atoms with Gasteiger partial charge in [0.15, 0.2) is 5.89 Å². The van der Waals surface area contributed by atoms with Gasteiger partial charge in [-0.25, -0.2) is 4.98 Å². The molecule has 1 atom stereocenters. The van der Waals surface area contributed by atoms with Crippen LogP contribution in [-0.2, 0) is 11.3 Å². The first-order valence-electron chi connectivity index (χ1n) is 7.55. The first-order valence-corrected chi connectivity index (χ1v) is 7.55. The molecule has 0 N–H and O–H groups in total. The Kier molecular flexibility index (Phi) is 4.36. The van der Waals surface area contributed by atoms with Crippen molar-refractivity contribution < 1.29 is 9.15 Å². The van der Waals surface area contributed by atoms with Gasteiger partial charge in [0.1, 0.15) is 6.26 Å². The van der Waals surface area contributed by atoms with Gasteiger partial charge in [-0.2, -0.15) is 0 Å². The van der Waals surface area contributed by atoms with Gasteiger partial charge in [-0.15, -0.1) is 0 Å². The summed E-state index contributed by atoms with van der Waals surface area (Å²) in [6.07, 6.45) is 1.93. The molecule has 2 heterocycles. The first kappa shape index (κ1) is 14.3. The average Bonchev–Trinajstić information content (AvgIpc) is 2.97. The summed E-state index contributed by atoms with van der Waals surface area (Å²) in [5.41, 5.74) is 2.25. The van der Waals surface area contributed by atoms with E-state index >= 15 is 0 Å². The summed E-state index contributed by atoms with van der Waals surface area (Å²) in [4.78, 5) is 6.93. The molecule has 1 aliphatic heterocycles. The number of morpholine rings is 1. The highest BCUT2D eigenvalue weighted by Crippen LogP contribution is 2.23. The molecule has 0 amide bonds. The van der Waals surface area contributed by atoms with Gasteiger partial charge in [0, 0.05) is 25.6 Å². The Bertz CT molecular complexity index is 565. The molecule has 4 nitrogen and oxygen atoms in total. The van der Waals surface area contributed by atoms with Gasteiger partial charge in [-0.1, -0.05) is 44.2 Å². The van der Waals surface area contributed by atoms with Gasteiger partial charge in [0.2, 0.25) is 0 Å². The molecular weight excluding hydrogens is 264 g/mol. The molecule has 2 aromatic rings. The lowest BCUT2D eigenvalue weighted by Crippen LogP contribution is -2.37. The van der Waals surface area contributed by atoms with Crippen LogP contribution in [0.25, 0.3) is 0 Å². The Labute approximate surface area is 125 Å². The lowest BCUT2D eigenvalue weighted by atomic mass is 10.1. The zero-order valence-corrected chi connectivity index (χ0v) is 12.7. The van der Waals surface area contributed by atoms with Gasteiger partial charge in [-0.05, 0) is 5.56 Å². The molecule has 4 heteroatoms. The van der Waals surface area contributed by atoms with E-state index in [1.165, 1.54) is 5.56 Å². The number of nitrogens with zero attached hydrogens (tertiary/aromatic N) is 2. The lowest BCUT2D eigenvalue weighted by Gasteiger charge is -2.32. The Hall–Kier alpha value is -1.65. The molecule has 0 spiro atoms. The highest BCUT2D eigenvalue weighted by Gasteiger charge is 2.22. The normalized spacial score (nSPS) is 20.0. The van der Waals surface area contributed by atoms with E-state index in [9.17, 15) is 0 Å². The maximum atomic E-state index is 5.89. The van der Waals surface area contributed by atoms with Crippen LogP contribution >= 0.6 is 0 Å². The highest BCUT2D eigenvalue weighted by molar-refractivity contribution is 5.18. The average molecular weight is 286 g/mol. The number of rotatable bonds is 4. The molecule has 0 aliphatic carbocycles. The van der Waals surface area contributed by atoms with Crippen molar-refractivity contribution in [3.05, 3.63) is 53.7 Å². The third-order valence-corrected chi connectivity index (χ3v) is 3.77. The van der Waals surface area contributed by atoms with Crippen molar-refractivity contribution in [3.8, 4) is 0 Å². The number of ether oxygens (including phenoxy) is 1. The van der Waals surface area contributed by atoms with Gasteiger partial charge in [0.05, 0.1) is 18.4 Å². The third-order valence-electron chi connectivity index (χ3n) is 3.77.